The van der Waals surface area contributed by atoms with Crippen LogP contribution >= 0.6 is 11.6 Å². The van der Waals surface area contributed by atoms with Crippen molar-refractivity contribution in [2.24, 2.45) is 22.6 Å². The van der Waals surface area contributed by atoms with E-state index < -0.39 is 58.0 Å². The first-order valence-corrected chi connectivity index (χ1v) is 18.2. The number of rotatable bonds is 4. The van der Waals surface area contributed by atoms with Gasteiger partial charge in [-0.25, -0.2) is 9.37 Å². The number of amides is 1. The number of aromatic nitrogens is 2. The van der Waals surface area contributed by atoms with Gasteiger partial charge in [0, 0.05) is 47.4 Å². The number of benzene rings is 3. The number of hydrogen-bond acceptors (Lipinski definition) is 11. The number of likely N-dealkylation sites (N-methyl/N-ethyl adjacent to an activating group) is 1. The number of anilines is 1. The lowest BCUT2D eigenvalue weighted by Crippen LogP contribution is -2.65. The van der Waals surface area contributed by atoms with Gasteiger partial charge in [0.05, 0.1) is 41.4 Å². The molecule has 0 radical (unpaired) electrons. The molecule has 0 bridgehead atoms. The fourth-order valence-corrected chi connectivity index (χ4v) is 8.77. The molecule has 0 saturated heterocycles. The number of phenolic OH excluding ortho intramolecular Hbond substituents is 1. The summed E-state index contributed by atoms with van der Waals surface area (Å²) in [4.78, 5) is 51.0. The number of imidazole rings is 1. The molecule has 56 heavy (non-hydrogen) atoms. The molecule has 4 atom stereocenters. The van der Waals surface area contributed by atoms with Gasteiger partial charge in [-0.15, -0.1) is 0 Å². The lowest BCUT2D eigenvalue weighted by Gasteiger charge is -2.50. The number of hydrogen-bond donors (Lipinski definition) is 5. The Morgan fingerprint density at radius 1 is 1.04 bits per heavy atom. The second kappa shape index (κ2) is 14.0. The Labute approximate surface area is 326 Å². The molecule has 0 unspecified atom stereocenters. The van der Waals surface area contributed by atoms with Crippen molar-refractivity contribution >= 4 is 46.2 Å². The minimum absolute atomic E-state index is 0.0638. The van der Waals surface area contributed by atoms with Crippen LogP contribution in [-0.2, 0) is 27.3 Å². The first-order valence-electron chi connectivity index (χ1n) is 17.8. The Balaban J connectivity index is 0.000000182. The molecule has 2 heterocycles. The van der Waals surface area contributed by atoms with Gasteiger partial charge in [-0.2, -0.15) is 0 Å². The number of aryl methyl sites for hydroxylation is 1. The molecule has 1 saturated carbocycles. The zero-order valence-electron chi connectivity index (χ0n) is 31.2. The maximum absolute atomic E-state index is 14.3. The molecule has 6 N–H and O–H groups in total. The summed E-state index contributed by atoms with van der Waals surface area (Å²) in [6.07, 6.45) is 2.13. The highest BCUT2D eigenvalue weighted by Gasteiger charge is 2.64. The maximum atomic E-state index is 14.3. The molecule has 13 nitrogen and oxygen atoms in total. The maximum Gasteiger partial charge on any atom is 0.255 e. The molecular weight excluding hydrogens is 743 g/mol. The Morgan fingerprint density at radius 2 is 1.75 bits per heavy atom. The number of phenols is 1. The van der Waals surface area contributed by atoms with Gasteiger partial charge in [-0.3, -0.25) is 28.8 Å². The number of aliphatic hydroxyl groups is 3. The van der Waals surface area contributed by atoms with Crippen molar-refractivity contribution in [3.63, 3.8) is 0 Å². The third-order valence-electron chi connectivity index (χ3n) is 11.1. The van der Waals surface area contributed by atoms with E-state index in [1.807, 2.05) is 60.9 Å². The van der Waals surface area contributed by atoms with Crippen LogP contribution < -0.4 is 10.6 Å². The smallest absolute Gasteiger partial charge is 0.255 e. The van der Waals surface area contributed by atoms with E-state index >= 15 is 0 Å². The SMILES string of the molecule is CN(C)c1ccc(O)c2c1C[C@H]1C[C@H]3[C@H](N(C)C)C(=O)C(C(N)=O)=C(O)[C@@]3(O)C(=O)C1=C2O.Cc1ncc2n1-c1ccc(Cl)cc1C(c1ccccc1F)=NC2. The first kappa shape index (κ1) is 38.4. The number of nitrogens with two attached hydrogens (primary N) is 1. The van der Waals surface area contributed by atoms with Gasteiger partial charge >= 0.3 is 0 Å². The van der Waals surface area contributed by atoms with E-state index in [-0.39, 0.29) is 35.5 Å². The second-order valence-corrected chi connectivity index (χ2v) is 15.2. The molecule has 15 heteroatoms. The number of ketones is 2. The van der Waals surface area contributed by atoms with Crippen LogP contribution in [0.3, 0.4) is 0 Å². The minimum atomic E-state index is -2.63. The number of aromatic hydroxyl groups is 1. The van der Waals surface area contributed by atoms with Crippen molar-refractivity contribution in [1.82, 2.24) is 14.5 Å². The molecule has 1 aromatic heterocycles. The third-order valence-corrected chi connectivity index (χ3v) is 11.3. The van der Waals surface area contributed by atoms with Crippen LogP contribution in [0.1, 0.15) is 40.2 Å². The van der Waals surface area contributed by atoms with Crippen molar-refractivity contribution in [3.8, 4) is 11.4 Å². The monoisotopic (exact) mass is 782 g/mol. The van der Waals surface area contributed by atoms with Gasteiger partial charge in [-0.05, 0) is 87.8 Å². The van der Waals surface area contributed by atoms with Gasteiger partial charge < -0.3 is 31.1 Å². The van der Waals surface area contributed by atoms with Crippen LogP contribution in [0.15, 0.2) is 82.7 Å². The van der Waals surface area contributed by atoms with Crippen molar-refractivity contribution in [2.75, 3.05) is 33.1 Å². The third kappa shape index (κ3) is 5.87. The second-order valence-electron chi connectivity index (χ2n) is 14.8. The van der Waals surface area contributed by atoms with Gasteiger partial charge in [0.25, 0.3) is 5.91 Å². The fraction of sp³-hybridized carbons (Fsp3) is 0.293. The lowest BCUT2D eigenvalue weighted by atomic mass is 9.57. The topological polar surface area (TPSA) is 195 Å². The zero-order chi connectivity index (χ0) is 40.5. The summed E-state index contributed by atoms with van der Waals surface area (Å²) in [6.45, 7) is 2.38. The predicted octanol–water partition coefficient (Wildman–Crippen LogP) is 4.35. The quantitative estimate of drug-likeness (QED) is 0.186. The van der Waals surface area contributed by atoms with Crippen LogP contribution in [0, 0.1) is 24.6 Å². The minimum Gasteiger partial charge on any atom is -0.508 e. The predicted molar refractivity (Wildman–Crippen MR) is 208 cm³/mol. The molecule has 3 aromatic carbocycles. The van der Waals surface area contributed by atoms with Crippen LogP contribution in [0.25, 0.3) is 11.4 Å². The van der Waals surface area contributed by atoms with Gasteiger partial charge in [0.2, 0.25) is 5.78 Å². The van der Waals surface area contributed by atoms with Crippen LogP contribution in [0.4, 0.5) is 10.1 Å². The number of nitrogens with zero attached hydrogens (tertiary/aromatic N) is 5. The summed E-state index contributed by atoms with van der Waals surface area (Å²) in [5, 5.41) is 44.5. The fourth-order valence-electron chi connectivity index (χ4n) is 8.60. The molecule has 4 aromatic rings. The van der Waals surface area contributed by atoms with E-state index in [9.17, 15) is 39.2 Å². The van der Waals surface area contributed by atoms with Crippen LogP contribution in [0.2, 0.25) is 5.02 Å². The Morgan fingerprint density at radius 3 is 2.41 bits per heavy atom. The van der Waals surface area contributed by atoms with Gasteiger partial charge in [0.1, 0.15) is 34.5 Å². The number of primary amides is 1. The molecular formula is C41H40ClFN6O7. The number of carbonyl (C=O) groups is 3. The Bertz CT molecular complexity index is 2450. The van der Waals surface area contributed by atoms with Gasteiger partial charge in [-0.1, -0.05) is 23.7 Å². The van der Waals surface area contributed by atoms with Crippen LogP contribution in [-0.4, -0.2) is 97.9 Å². The van der Waals surface area contributed by atoms with E-state index in [4.69, 9.17) is 17.3 Å². The summed E-state index contributed by atoms with van der Waals surface area (Å²) >= 11 is 6.19. The lowest BCUT2D eigenvalue weighted by molar-refractivity contribution is -0.153. The highest BCUT2D eigenvalue weighted by molar-refractivity contribution is 6.31. The summed E-state index contributed by atoms with van der Waals surface area (Å²) < 4.78 is 16.3. The standard InChI is InChI=1S/C23H27N3O7.C18H13ClFN3/c1-25(2)12-5-6-13(27)15-10(12)7-9-8-11-17(26(3)4)19(29)16(22(24)32)21(31)23(11,33)20(30)14(9)18(15)28;1-11-21-9-13-10-22-18(14-4-2-3-5-16(14)20)15-8-12(19)6-7-17(15)23(11)13/h5-6,9,11,17,27-28,31,33H,7-8H2,1-4H3,(H2,24,32);2-9H,10H2,1H3/t9-,11-,17-,23-;/m0./s1. The largest absolute Gasteiger partial charge is 0.508 e. The van der Waals surface area contributed by atoms with E-state index in [1.165, 1.54) is 17.0 Å². The molecule has 3 aliphatic carbocycles. The molecule has 1 aliphatic heterocycles. The summed E-state index contributed by atoms with van der Waals surface area (Å²) in [7, 11) is 6.75. The number of aliphatic imine (C=N–C) groups is 1. The van der Waals surface area contributed by atoms with E-state index in [0.717, 1.165) is 28.5 Å². The number of halogens is 2. The van der Waals surface area contributed by atoms with Crippen molar-refractivity contribution in [2.45, 2.75) is 38.0 Å². The number of Topliss-reactive ketones (excluding diaryl/α,β-unsaturated/α-hetero) is 2. The number of carbonyl (C=O) groups excluding carboxylic acids is 3. The zero-order valence-corrected chi connectivity index (χ0v) is 32.0. The van der Waals surface area contributed by atoms with Gasteiger partial charge in [0.15, 0.2) is 11.4 Å². The molecule has 8 rings (SSSR count). The normalized spacial score (nSPS) is 22.5. The highest BCUT2D eigenvalue weighted by atomic mass is 35.5. The van der Waals surface area contributed by atoms with Crippen molar-refractivity contribution in [1.29, 1.82) is 0 Å². The Kier molecular flexibility index (Phi) is 9.63. The van der Waals surface area contributed by atoms with Crippen molar-refractivity contribution < 1.29 is 39.2 Å². The summed E-state index contributed by atoms with van der Waals surface area (Å²) in [5.74, 6) is -5.96. The average molecular weight is 783 g/mol. The highest BCUT2D eigenvalue weighted by Crippen LogP contribution is 2.53. The molecule has 1 amide bonds. The van der Waals surface area contributed by atoms with E-state index in [1.54, 1.807) is 32.3 Å². The molecule has 0 spiro atoms. The summed E-state index contributed by atoms with van der Waals surface area (Å²) in [6, 6.07) is 14.3. The van der Waals surface area contributed by atoms with Crippen LogP contribution in [0.5, 0.6) is 5.75 Å². The molecule has 4 aliphatic rings. The van der Waals surface area contributed by atoms with E-state index in [0.29, 0.717) is 28.4 Å². The average Bonchev–Trinajstić information content (AvgIpc) is 3.41. The van der Waals surface area contributed by atoms with E-state index in [2.05, 4.69) is 9.98 Å². The number of fused-ring (bicyclic) bond motifs is 6. The molecule has 1 fully saturated rings. The number of aliphatic hydroxyl groups excluding tert-OH is 2. The van der Waals surface area contributed by atoms with Crippen molar-refractivity contribution in [3.05, 3.63) is 122 Å². The Hall–Kier alpha value is -5.83. The summed E-state index contributed by atoms with van der Waals surface area (Å²) in [5.41, 5.74) is 6.94. The first-order chi connectivity index (χ1) is 26.5. The molecule has 290 valence electrons.